The molecule has 1 aromatic rings. The first-order valence-electron chi connectivity index (χ1n) is 2.48. The molecule has 0 bridgehead atoms. The summed E-state index contributed by atoms with van der Waals surface area (Å²) in [4.78, 5) is 3.64. The lowest BCUT2D eigenvalue weighted by Crippen LogP contribution is -1.80. The molecule has 3 nitrogen and oxygen atoms in total. The number of nitriles is 1. The predicted molar refractivity (Wildman–Crippen MR) is 38.3 cm³/mol. The number of nitrogens with zero attached hydrogens (tertiary/aromatic N) is 2. The van der Waals surface area contributed by atoms with Crippen molar-refractivity contribution in [2.24, 2.45) is 0 Å². The van der Waals surface area contributed by atoms with Gasteiger partial charge < -0.3 is 5.11 Å². The maximum atomic E-state index is 8.98. The third-order valence-corrected chi connectivity index (χ3v) is 1.59. The van der Waals surface area contributed by atoms with Crippen LogP contribution in [0.4, 0.5) is 0 Å². The average Bonchev–Trinajstić information content (AvgIpc) is 1.88. The molecule has 1 N–H and O–H groups in total. The second-order valence-electron chi connectivity index (χ2n) is 1.63. The van der Waals surface area contributed by atoms with Crippen LogP contribution in [0.25, 0.3) is 0 Å². The van der Waals surface area contributed by atoms with Gasteiger partial charge in [0.05, 0.1) is 10.7 Å². The molecule has 10 heavy (non-hydrogen) atoms. The minimum Gasteiger partial charge on any atom is -0.505 e. The van der Waals surface area contributed by atoms with Crippen LogP contribution in [-0.2, 0) is 0 Å². The van der Waals surface area contributed by atoms with Gasteiger partial charge in [0.2, 0.25) is 0 Å². The number of hydrogen-bond donors (Lipinski definition) is 1. The van der Waals surface area contributed by atoms with Gasteiger partial charge in [-0.05, 0) is 15.9 Å². The van der Waals surface area contributed by atoms with Crippen molar-refractivity contribution < 1.29 is 5.11 Å². The Kier molecular flexibility index (Phi) is 1.88. The van der Waals surface area contributed by atoms with Crippen molar-refractivity contribution in [3.8, 4) is 11.8 Å². The fourth-order valence-corrected chi connectivity index (χ4v) is 0.945. The third kappa shape index (κ3) is 1.09. The van der Waals surface area contributed by atoms with Crippen LogP contribution in [0.3, 0.4) is 0 Å². The summed E-state index contributed by atoms with van der Waals surface area (Å²) < 4.78 is 0.509. The Morgan fingerprint density at radius 2 is 2.30 bits per heavy atom. The Balaban J connectivity index is 3.34. The predicted octanol–water partition coefficient (Wildman–Crippen LogP) is 1.42. The molecule has 1 rings (SSSR count). The zero-order valence-corrected chi connectivity index (χ0v) is 6.46. The number of pyridine rings is 1. The van der Waals surface area contributed by atoms with Gasteiger partial charge in [-0.15, -0.1) is 0 Å². The van der Waals surface area contributed by atoms with Gasteiger partial charge in [0.1, 0.15) is 11.6 Å². The van der Waals surface area contributed by atoms with Crippen LogP contribution in [0.1, 0.15) is 5.56 Å². The first-order valence-corrected chi connectivity index (χ1v) is 3.27. The Morgan fingerprint density at radius 3 is 2.70 bits per heavy atom. The van der Waals surface area contributed by atoms with Gasteiger partial charge in [-0.3, -0.25) is 4.98 Å². The van der Waals surface area contributed by atoms with Crippen LogP contribution in [0, 0.1) is 11.3 Å². The average molecular weight is 199 g/mol. The third-order valence-electron chi connectivity index (χ3n) is 0.991. The standard InChI is InChI=1S/C6H3BrN2O/c7-5-2-9-3-6(10)4(5)1-8/h2-3,10H. The Hall–Kier alpha value is -1.08. The fourth-order valence-electron chi connectivity index (χ4n) is 0.535. The molecular weight excluding hydrogens is 196 g/mol. The Morgan fingerprint density at radius 1 is 1.60 bits per heavy atom. The van der Waals surface area contributed by atoms with Crippen LogP contribution in [0.2, 0.25) is 0 Å². The summed E-state index contributed by atoms with van der Waals surface area (Å²) in [7, 11) is 0. The maximum absolute atomic E-state index is 8.98. The van der Waals surface area contributed by atoms with Gasteiger partial charge in [0, 0.05) is 6.20 Å². The molecule has 0 saturated carbocycles. The summed E-state index contributed by atoms with van der Waals surface area (Å²) in [5, 5.41) is 17.4. The van der Waals surface area contributed by atoms with E-state index in [0.29, 0.717) is 4.47 Å². The van der Waals surface area contributed by atoms with E-state index in [-0.39, 0.29) is 11.3 Å². The highest BCUT2D eigenvalue weighted by atomic mass is 79.9. The van der Waals surface area contributed by atoms with E-state index >= 15 is 0 Å². The molecule has 0 spiro atoms. The van der Waals surface area contributed by atoms with Crippen molar-refractivity contribution in [1.82, 2.24) is 4.98 Å². The molecule has 0 radical (unpaired) electrons. The minimum absolute atomic E-state index is 0.100. The van der Waals surface area contributed by atoms with E-state index < -0.39 is 0 Å². The monoisotopic (exact) mass is 198 g/mol. The molecule has 0 aliphatic heterocycles. The molecule has 0 saturated heterocycles. The quantitative estimate of drug-likeness (QED) is 0.687. The molecule has 0 fully saturated rings. The largest absolute Gasteiger partial charge is 0.505 e. The lowest BCUT2D eigenvalue weighted by molar-refractivity contribution is 0.470. The number of halogens is 1. The van der Waals surface area contributed by atoms with E-state index in [1.807, 2.05) is 6.07 Å². The van der Waals surface area contributed by atoms with Crippen LogP contribution in [-0.4, -0.2) is 10.1 Å². The van der Waals surface area contributed by atoms with E-state index in [2.05, 4.69) is 20.9 Å². The molecule has 0 unspecified atom stereocenters. The van der Waals surface area contributed by atoms with Crippen LogP contribution in [0.15, 0.2) is 16.9 Å². The summed E-state index contributed by atoms with van der Waals surface area (Å²) in [6, 6.07) is 1.83. The molecule has 4 heteroatoms. The van der Waals surface area contributed by atoms with Crippen molar-refractivity contribution >= 4 is 15.9 Å². The molecule has 0 aliphatic carbocycles. The van der Waals surface area contributed by atoms with Crippen molar-refractivity contribution in [2.75, 3.05) is 0 Å². The highest BCUT2D eigenvalue weighted by molar-refractivity contribution is 9.10. The maximum Gasteiger partial charge on any atom is 0.152 e. The summed E-state index contributed by atoms with van der Waals surface area (Å²) in [6.45, 7) is 0. The Bertz CT molecular complexity index is 272. The number of rotatable bonds is 0. The molecular formula is C6H3BrN2O. The summed E-state index contributed by atoms with van der Waals surface area (Å²) in [5.74, 6) is -0.100. The number of aromatic hydroxyl groups is 1. The number of hydrogen-bond acceptors (Lipinski definition) is 3. The van der Waals surface area contributed by atoms with Gasteiger partial charge in [-0.2, -0.15) is 5.26 Å². The second-order valence-corrected chi connectivity index (χ2v) is 2.48. The summed E-state index contributed by atoms with van der Waals surface area (Å²) in [5.41, 5.74) is 0.218. The van der Waals surface area contributed by atoms with Gasteiger partial charge in [0.25, 0.3) is 0 Å². The van der Waals surface area contributed by atoms with Gasteiger partial charge >= 0.3 is 0 Å². The van der Waals surface area contributed by atoms with Gasteiger partial charge in [0.15, 0.2) is 5.75 Å². The van der Waals surface area contributed by atoms with Crippen LogP contribution in [0.5, 0.6) is 5.75 Å². The zero-order valence-electron chi connectivity index (χ0n) is 4.87. The molecule has 1 aromatic heterocycles. The molecule has 1 heterocycles. The van der Waals surface area contributed by atoms with E-state index in [1.165, 1.54) is 12.4 Å². The Labute approximate surface area is 66.1 Å². The normalized spacial score (nSPS) is 8.80. The van der Waals surface area contributed by atoms with E-state index in [0.717, 1.165) is 0 Å². The van der Waals surface area contributed by atoms with Gasteiger partial charge in [-0.1, -0.05) is 0 Å². The van der Waals surface area contributed by atoms with E-state index in [1.54, 1.807) is 0 Å². The first kappa shape index (κ1) is 7.03. The molecule has 0 atom stereocenters. The van der Waals surface area contributed by atoms with Gasteiger partial charge in [-0.25, -0.2) is 0 Å². The van der Waals surface area contributed by atoms with Crippen LogP contribution >= 0.6 is 15.9 Å². The topological polar surface area (TPSA) is 56.9 Å². The smallest absolute Gasteiger partial charge is 0.152 e. The first-order chi connectivity index (χ1) is 4.75. The van der Waals surface area contributed by atoms with Crippen LogP contribution < -0.4 is 0 Å². The van der Waals surface area contributed by atoms with Crippen molar-refractivity contribution in [3.63, 3.8) is 0 Å². The second kappa shape index (κ2) is 2.67. The molecule has 50 valence electrons. The molecule has 0 aromatic carbocycles. The van der Waals surface area contributed by atoms with Crippen molar-refractivity contribution in [2.45, 2.75) is 0 Å². The van der Waals surface area contributed by atoms with E-state index in [4.69, 9.17) is 10.4 Å². The summed E-state index contributed by atoms with van der Waals surface area (Å²) in [6.07, 6.45) is 2.68. The molecule has 0 amide bonds. The molecule has 0 aliphatic rings. The highest BCUT2D eigenvalue weighted by Crippen LogP contribution is 2.22. The number of aromatic nitrogens is 1. The zero-order chi connectivity index (χ0) is 7.56. The minimum atomic E-state index is -0.100. The van der Waals surface area contributed by atoms with Crippen molar-refractivity contribution in [3.05, 3.63) is 22.4 Å². The summed E-state index contributed by atoms with van der Waals surface area (Å²) >= 11 is 3.06. The van der Waals surface area contributed by atoms with Crippen molar-refractivity contribution in [1.29, 1.82) is 5.26 Å². The fraction of sp³-hybridized carbons (Fsp3) is 0. The van der Waals surface area contributed by atoms with E-state index in [9.17, 15) is 0 Å². The lowest BCUT2D eigenvalue weighted by atomic mass is 10.3. The lowest BCUT2D eigenvalue weighted by Gasteiger charge is -1.94. The highest BCUT2D eigenvalue weighted by Gasteiger charge is 2.03. The SMILES string of the molecule is N#Cc1c(O)cncc1Br.